The number of nitrogens with one attached hydrogen (secondary N) is 1. The maximum absolute atomic E-state index is 6.20. The quantitative estimate of drug-likeness (QED) is 0.685. The Hall–Kier alpha value is -0.970. The van der Waals surface area contributed by atoms with Gasteiger partial charge in [-0.1, -0.05) is 47.5 Å². The molecule has 3 nitrogen and oxygen atoms in total. The second-order valence-electron chi connectivity index (χ2n) is 5.90. The SMILES string of the molecule is Cl.Clc1ccc(COc2ccccc2CNCC2CCCO2)c(Cl)c1. The molecule has 0 spiro atoms. The van der Waals surface area contributed by atoms with E-state index in [9.17, 15) is 0 Å². The zero-order valence-corrected chi connectivity index (χ0v) is 16.2. The van der Waals surface area contributed by atoms with Gasteiger partial charge in [0.15, 0.2) is 0 Å². The average molecular weight is 403 g/mol. The largest absolute Gasteiger partial charge is 0.489 e. The van der Waals surface area contributed by atoms with Gasteiger partial charge in [0, 0.05) is 40.9 Å². The predicted octanol–water partition coefficient (Wildman–Crippen LogP) is 5.26. The van der Waals surface area contributed by atoms with Crippen molar-refractivity contribution in [2.24, 2.45) is 0 Å². The van der Waals surface area contributed by atoms with Crippen molar-refractivity contribution in [1.82, 2.24) is 5.32 Å². The van der Waals surface area contributed by atoms with Gasteiger partial charge in [0.05, 0.1) is 6.10 Å². The highest BCUT2D eigenvalue weighted by atomic mass is 35.5. The summed E-state index contributed by atoms with van der Waals surface area (Å²) in [6.45, 7) is 2.92. The lowest BCUT2D eigenvalue weighted by atomic mass is 10.2. The molecule has 1 saturated heterocycles. The maximum Gasteiger partial charge on any atom is 0.124 e. The van der Waals surface area contributed by atoms with E-state index >= 15 is 0 Å². The molecule has 1 unspecified atom stereocenters. The van der Waals surface area contributed by atoms with Gasteiger partial charge < -0.3 is 14.8 Å². The first-order valence-electron chi connectivity index (χ1n) is 8.19. The number of para-hydroxylation sites is 1. The lowest BCUT2D eigenvalue weighted by Gasteiger charge is -2.14. The maximum atomic E-state index is 6.20. The molecule has 0 radical (unpaired) electrons. The topological polar surface area (TPSA) is 30.5 Å². The van der Waals surface area contributed by atoms with Crippen molar-refractivity contribution in [2.45, 2.75) is 32.1 Å². The Kier molecular flexibility index (Phi) is 8.34. The molecular formula is C19H22Cl3NO2. The molecule has 0 saturated carbocycles. The third kappa shape index (κ3) is 6.05. The van der Waals surface area contributed by atoms with Gasteiger partial charge in [-0.2, -0.15) is 0 Å². The summed E-state index contributed by atoms with van der Waals surface area (Å²) in [5.41, 5.74) is 2.05. The standard InChI is InChI=1S/C19H21Cl2NO2.ClH/c20-16-8-7-15(18(21)10-16)13-24-19-6-2-1-4-14(19)11-22-12-17-5-3-9-23-17;/h1-2,4,6-8,10,17,22H,3,5,9,11-13H2;1H. The van der Waals surface area contributed by atoms with Crippen molar-refractivity contribution < 1.29 is 9.47 Å². The summed E-state index contributed by atoms with van der Waals surface area (Å²) in [5, 5.41) is 4.70. The molecule has 1 atom stereocenters. The Labute approximate surface area is 165 Å². The van der Waals surface area contributed by atoms with Crippen molar-refractivity contribution in [3.63, 3.8) is 0 Å². The number of hydrogen-bond acceptors (Lipinski definition) is 3. The van der Waals surface area contributed by atoms with E-state index in [0.717, 1.165) is 49.4 Å². The molecule has 25 heavy (non-hydrogen) atoms. The summed E-state index contributed by atoms with van der Waals surface area (Å²) in [5.74, 6) is 0.864. The number of rotatable bonds is 7. The van der Waals surface area contributed by atoms with Crippen molar-refractivity contribution in [1.29, 1.82) is 0 Å². The van der Waals surface area contributed by atoms with E-state index in [2.05, 4.69) is 11.4 Å². The summed E-state index contributed by atoms with van der Waals surface area (Å²) in [7, 11) is 0. The molecule has 0 bridgehead atoms. The van der Waals surface area contributed by atoms with Crippen molar-refractivity contribution in [3.8, 4) is 5.75 Å². The Balaban J connectivity index is 0.00000225. The molecular weight excluding hydrogens is 381 g/mol. The lowest BCUT2D eigenvalue weighted by molar-refractivity contribution is 0.110. The Bertz CT molecular complexity index is 675. The molecule has 1 N–H and O–H groups in total. The predicted molar refractivity (Wildman–Crippen MR) is 105 cm³/mol. The Morgan fingerprint density at radius 3 is 2.72 bits per heavy atom. The summed E-state index contributed by atoms with van der Waals surface area (Å²) < 4.78 is 11.6. The lowest BCUT2D eigenvalue weighted by Crippen LogP contribution is -2.25. The van der Waals surface area contributed by atoms with Gasteiger partial charge in [0.1, 0.15) is 12.4 Å². The monoisotopic (exact) mass is 401 g/mol. The van der Waals surface area contributed by atoms with Crippen LogP contribution in [0.3, 0.4) is 0 Å². The molecule has 1 fully saturated rings. The van der Waals surface area contributed by atoms with Gasteiger partial charge in [0.2, 0.25) is 0 Å². The van der Waals surface area contributed by atoms with E-state index in [4.69, 9.17) is 32.7 Å². The van der Waals surface area contributed by atoms with E-state index in [0.29, 0.717) is 22.8 Å². The van der Waals surface area contributed by atoms with Crippen LogP contribution in [-0.4, -0.2) is 19.3 Å². The number of ether oxygens (including phenoxy) is 2. The molecule has 0 amide bonds. The summed E-state index contributed by atoms with van der Waals surface area (Å²) in [6.07, 6.45) is 2.64. The van der Waals surface area contributed by atoms with Crippen LogP contribution in [0.15, 0.2) is 42.5 Å². The highest BCUT2D eigenvalue weighted by Crippen LogP contribution is 2.24. The van der Waals surface area contributed by atoms with Gasteiger partial charge in [-0.25, -0.2) is 0 Å². The van der Waals surface area contributed by atoms with Gasteiger partial charge in [-0.05, 0) is 31.0 Å². The summed E-state index contributed by atoms with van der Waals surface area (Å²) in [4.78, 5) is 0. The minimum absolute atomic E-state index is 0. The highest BCUT2D eigenvalue weighted by molar-refractivity contribution is 6.35. The molecule has 0 aromatic heterocycles. The fraction of sp³-hybridized carbons (Fsp3) is 0.368. The molecule has 136 valence electrons. The number of benzene rings is 2. The van der Waals surface area contributed by atoms with Gasteiger partial charge >= 0.3 is 0 Å². The van der Waals surface area contributed by atoms with Crippen LogP contribution in [0.4, 0.5) is 0 Å². The van der Waals surface area contributed by atoms with Crippen LogP contribution in [-0.2, 0) is 17.9 Å². The number of hydrogen-bond donors (Lipinski definition) is 1. The van der Waals surface area contributed by atoms with E-state index in [1.54, 1.807) is 6.07 Å². The zero-order chi connectivity index (χ0) is 16.8. The average Bonchev–Trinajstić information content (AvgIpc) is 3.08. The summed E-state index contributed by atoms with van der Waals surface area (Å²) >= 11 is 12.1. The highest BCUT2D eigenvalue weighted by Gasteiger charge is 2.15. The Morgan fingerprint density at radius 1 is 1.12 bits per heavy atom. The first-order valence-corrected chi connectivity index (χ1v) is 8.95. The Morgan fingerprint density at radius 2 is 1.96 bits per heavy atom. The molecule has 1 aliphatic heterocycles. The molecule has 2 aromatic carbocycles. The molecule has 1 heterocycles. The molecule has 3 rings (SSSR count). The van der Waals surface area contributed by atoms with Crippen molar-refractivity contribution in [2.75, 3.05) is 13.2 Å². The fourth-order valence-electron chi connectivity index (χ4n) is 2.76. The van der Waals surface area contributed by atoms with E-state index in [1.165, 1.54) is 0 Å². The van der Waals surface area contributed by atoms with Crippen LogP contribution in [0.25, 0.3) is 0 Å². The summed E-state index contributed by atoms with van der Waals surface area (Å²) in [6, 6.07) is 13.5. The van der Waals surface area contributed by atoms with Crippen LogP contribution < -0.4 is 10.1 Å². The van der Waals surface area contributed by atoms with Crippen molar-refractivity contribution in [3.05, 3.63) is 63.6 Å². The minimum atomic E-state index is 0. The van der Waals surface area contributed by atoms with Gasteiger partial charge in [-0.3, -0.25) is 0 Å². The van der Waals surface area contributed by atoms with Crippen LogP contribution in [0.5, 0.6) is 5.75 Å². The van der Waals surface area contributed by atoms with Gasteiger partial charge in [0.25, 0.3) is 0 Å². The molecule has 1 aliphatic rings. The third-order valence-electron chi connectivity index (χ3n) is 4.08. The molecule has 2 aromatic rings. The number of halogens is 3. The van der Waals surface area contributed by atoms with Crippen LogP contribution >= 0.6 is 35.6 Å². The normalized spacial score (nSPS) is 16.5. The van der Waals surface area contributed by atoms with Crippen LogP contribution in [0.1, 0.15) is 24.0 Å². The van der Waals surface area contributed by atoms with Crippen molar-refractivity contribution >= 4 is 35.6 Å². The molecule has 6 heteroatoms. The second-order valence-corrected chi connectivity index (χ2v) is 6.74. The van der Waals surface area contributed by atoms with E-state index < -0.39 is 0 Å². The minimum Gasteiger partial charge on any atom is -0.489 e. The van der Waals surface area contributed by atoms with Gasteiger partial charge in [-0.15, -0.1) is 12.4 Å². The fourth-order valence-corrected chi connectivity index (χ4v) is 3.22. The molecule has 0 aliphatic carbocycles. The van der Waals surface area contributed by atoms with Crippen LogP contribution in [0.2, 0.25) is 10.0 Å². The van der Waals surface area contributed by atoms with E-state index in [-0.39, 0.29) is 12.4 Å². The first-order chi connectivity index (χ1) is 11.7. The smallest absolute Gasteiger partial charge is 0.124 e. The zero-order valence-electron chi connectivity index (χ0n) is 13.8. The third-order valence-corrected chi connectivity index (χ3v) is 4.67. The first kappa shape index (κ1) is 20.3. The second kappa shape index (κ2) is 10.2. The van der Waals surface area contributed by atoms with E-state index in [1.807, 2.05) is 30.3 Å². The van der Waals surface area contributed by atoms with Crippen LogP contribution in [0, 0.1) is 0 Å².